The Morgan fingerprint density at radius 2 is 1.90 bits per heavy atom. The number of rotatable bonds is 9. The van der Waals surface area contributed by atoms with Crippen LogP contribution in [0.2, 0.25) is 0 Å². The summed E-state index contributed by atoms with van der Waals surface area (Å²) in [4.78, 5) is 0. The summed E-state index contributed by atoms with van der Waals surface area (Å²) in [6.07, 6.45) is 3.66. The molecular weight excluding hydrogens is 270 g/mol. The van der Waals surface area contributed by atoms with E-state index < -0.39 is 0 Å². The summed E-state index contributed by atoms with van der Waals surface area (Å²) in [5, 5.41) is 0. The lowest BCUT2D eigenvalue weighted by Crippen LogP contribution is -2.21. The van der Waals surface area contributed by atoms with E-state index in [0.29, 0.717) is 6.61 Å². The first-order valence-electron chi connectivity index (χ1n) is 7.54. The second kappa shape index (κ2) is 8.10. The maximum atomic E-state index is 6.07. The molecule has 0 bridgehead atoms. The highest BCUT2D eigenvalue weighted by Crippen LogP contribution is 2.38. The summed E-state index contributed by atoms with van der Waals surface area (Å²) in [6.45, 7) is 3.78. The zero-order chi connectivity index (χ0) is 15.1. The van der Waals surface area contributed by atoms with E-state index in [0.717, 1.165) is 55.1 Å². The molecule has 5 nitrogen and oxygen atoms in total. The summed E-state index contributed by atoms with van der Waals surface area (Å²) >= 11 is 0. The van der Waals surface area contributed by atoms with Gasteiger partial charge in [-0.25, -0.2) is 0 Å². The smallest absolute Gasteiger partial charge is 0.231 e. The van der Waals surface area contributed by atoms with Crippen molar-refractivity contribution in [2.45, 2.75) is 38.6 Å². The van der Waals surface area contributed by atoms with E-state index in [1.54, 1.807) is 7.11 Å². The van der Waals surface area contributed by atoms with Crippen LogP contribution >= 0.6 is 0 Å². The Morgan fingerprint density at radius 3 is 2.62 bits per heavy atom. The molecule has 0 saturated carbocycles. The molecule has 1 aromatic rings. The zero-order valence-electron chi connectivity index (χ0n) is 12.9. The summed E-state index contributed by atoms with van der Waals surface area (Å²) in [6, 6.07) is 4.03. The maximum Gasteiger partial charge on any atom is 0.231 e. The molecular formula is C16H25NO4. The molecule has 2 rings (SSSR count). The number of unbranched alkanes of at least 4 members (excludes halogenated alkanes) is 1. The second-order valence-electron chi connectivity index (χ2n) is 5.23. The lowest BCUT2D eigenvalue weighted by atomic mass is 10.0. The number of ether oxygens (including phenoxy) is 4. The van der Waals surface area contributed by atoms with Crippen LogP contribution in [-0.4, -0.2) is 33.2 Å². The molecule has 0 aromatic heterocycles. The molecule has 2 N–H and O–H groups in total. The average Bonchev–Trinajstić information content (AvgIpc) is 2.94. The molecule has 1 aliphatic heterocycles. The van der Waals surface area contributed by atoms with Gasteiger partial charge in [0.2, 0.25) is 6.79 Å². The fourth-order valence-electron chi connectivity index (χ4n) is 2.22. The van der Waals surface area contributed by atoms with Crippen molar-refractivity contribution in [1.29, 1.82) is 0 Å². The topological polar surface area (TPSA) is 62.9 Å². The van der Waals surface area contributed by atoms with Crippen molar-refractivity contribution in [2.24, 2.45) is 5.73 Å². The van der Waals surface area contributed by atoms with Crippen molar-refractivity contribution in [3.8, 4) is 17.2 Å². The Hall–Kier alpha value is -1.46. The van der Waals surface area contributed by atoms with E-state index in [9.17, 15) is 0 Å². The number of methoxy groups -OCH3 is 1. The molecule has 5 heteroatoms. The first kappa shape index (κ1) is 15.9. The lowest BCUT2D eigenvalue weighted by Gasteiger charge is -2.15. The normalized spacial score (nSPS) is 14.2. The first-order valence-corrected chi connectivity index (χ1v) is 7.54. The summed E-state index contributed by atoms with van der Waals surface area (Å²) in [5.74, 6) is 2.37. The third-order valence-corrected chi connectivity index (χ3v) is 3.56. The van der Waals surface area contributed by atoms with Crippen molar-refractivity contribution in [1.82, 2.24) is 0 Å². The van der Waals surface area contributed by atoms with Gasteiger partial charge in [0.15, 0.2) is 11.5 Å². The Kier molecular flexibility index (Phi) is 6.14. The van der Waals surface area contributed by atoms with Gasteiger partial charge in [-0.15, -0.1) is 0 Å². The fraction of sp³-hybridized carbons (Fsp3) is 0.625. The predicted octanol–water partition coefficient (Wildman–Crippen LogP) is 2.50. The molecule has 1 atom stereocenters. The third kappa shape index (κ3) is 4.51. The monoisotopic (exact) mass is 295 g/mol. The minimum absolute atomic E-state index is 0.126. The van der Waals surface area contributed by atoms with Gasteiger partial charge in [0.05, 0.1) is 6.61 Å². The highest BCUT2D eigenvalue weighted by atomic mass is 16.7. The van der Waals surface area contributed by atoms with Crippen molar-refractivity contribution >= 4 is 0 Å². The summed E-state index contributed by atoms with van der Waals surface area (Å²) < 4.78 is 21.8. The molecule has 118 valence electrons. The van der Waals surface area contributed by atoms with E-state index in [1.807, 2.05) is 12.1 Å². The molecule has 0 aliphatic carbocycles. The molecule has 1 aromatic carbocycles. The van der Waals surface area contributed by atoms with Gasteiger partial charge < -0.3 is 24.7 Å². The number of hydrogen-bond donors (Lipinski definition) is 1. The maximum absolute atomic E-state index is 6.07. The average molecular weight is 295 g/mol. The van der Waals surface area contributed by atoms with E-state index in [-0.39, 0.29) is 12.8 Å². The van der Waals surface area contributed by atoms with Gasteiger partial charge in [-0.1, -0.05) is 6.92 Å². The van der Waals surface area contributed by atoms with Gasteiger partial charge >= 0.3 is 0 Å². The molecule has 0 saturated heterocycles. The molecule has 0 amide bonds. The number of fused-ring (bicyclic) bond motifs is 1. The molecule has 0 radical (unpaired) electrons. The number of benzene rings is 1. The van der Waals surface area contributed by atoms with Crippen LogP contribution in [0, 0.1) is 0 Å². The molecule has 1 unspecified atom stereocenters. The molecule has 1 aliphatic rings. The highest BCUT2D eigenvalue weighted by Gasteiger charge is 2.19. The molecule has 21 heavy (non-hydrogen) atoms. The van der Waals surface area contributed by atoms with Gasteiger partial charge in [-0.05, 0) is 37.3 Å². The van der Waals surface area contributed by atoms with Crippen molar-refractivity contribution < 1.29 is 18.9 Å². The van der Waals surface area contributed by atoms with Crippen LogP contribution in [0.4, 0.5) is 0 Å². The Morgan fingerprint density at radius 1 is 1.19 bits per heavy atom. The van der Waals surface area contributed by atoms with E-state index >= 15 is 0 Å². The Balaban J connectivity index is 2.02. The first-order chi connectivity index (χ1) is 10.2. The van der Waals surface area contributed by atoms with Gasteiger partial charge in [0.1, 0.15) is 5.75 Å². The summed E-state index contributed by atoms with van der Waals surface area (Å²) in [5.41, 5.74) is 7.15. The fourth-order valence-corrected chi connectivity index (χ4v) is 2.22. The quantitative estimate of drug-likeness (QED) is 0.709. The number of nitrogens with two attached hydrogens (primary N) is 1. The minimum atomic E-state index is 0.126. The van der Waals surface area contributed by atoms with Crippen LogP contribution < -0.4 is 19.9 Å². The molecule has 1 heterocycles. The van der Waals surface area contributed by atoms with Gasteiger partial charge in [-0.3, -0.25) is 0 Å². The number of hydrogen-bond acceptors (Lipinski definition) is 5. The van der Waals surface area contributed by atoms with Crippen molar-refractivity contribution in [2.75, 3.05) is 27.1 Å². The molecule has 0 fully saturated rings. The van der Waals surface area contributed by atoms with E-state index in [1.165, 1.54) is 0 Å². The van der Waals surface area contributed by atoms with E-state index in [4.69, 9.17) is 24.7 Å². The van der Waals surface area contributed by atoms with Gasteiger partial charge in [0, 0.05) is 25.8 Å². The Bertz CT molecular complexity index is 450. The standard InChI is InChI=1S/C16H25NO4/c1-3-13(17)8-12-9-15-16(21-11-20-15)10-14(12)19-7-5-4-6-18-2/h9-10,13H,3-8,11,17H2,1-2H3. The van der Waals surface area contributed by atoms with Crippen LogP contribution in [0.15, 0.2) is 12.1 Å². The third-order valence-electron chi connectivity index (χ3n) is 3.56. The largest absolute Gasteiger partial charge is 0.493 e. The van der Waals surface area contributed by atoms with Crippen molar-refractivity contribution in [3.05, 3.63) is 17.7 Å². The zero-order valence-corrected chi connectivity index (χ0v) is 12.9. The van der Waals surface area contributed by atoms with Crippen molar-refractivity contribution in [3.63, 3.8) is 0 Å². The van der Waals surface area contributed by atoms with Gasteiger partial charge in [0.25, 0.3) is 0 Å². The highest BCUT2D eigenvalue weighted by molar-refractivity contribution is 5.52. The second-order valence-corrected chi connectivity index (χ2v) is 5.23. The molecule has 0 spiro atoms. The Labute approximate surface area is 126 Å². The van der Waals surface area contributed by atoms with Crippen LogP contribution in [0.5, 0.6) is 17.2 Å². The minimum Gasteiger partial charge on any atom is -0.493 e. The SMILES string of the molecule is CCC(N)Cc1cc2c(cc1OCCCCOC)OCO2. The van der Waals surface area contributed by atoms with Crippen LogP contribution in [0.25, 0.3) is 0 Å². The van der Waals surface area contributed by atoms with E-state index in [2.05, 4.69) is 6.92 Å². The predicted molar refractivity (Wildman–Crippen MR) is 81.1 cm³/mol. The lowest BCUT2D eigenvalue weighted by molar-refractivity contribution is 0.173. The van der Waals surface area contributed by atoms with Crippen LogP contribution in [-0.2, 0) is 11.2 Å². The van der Waals surface area contributed by atoms with Crippen LogP contribution in [0.3, 0.4) is 0 Å². The summed E-state index contributed by atoms with van der Waals surface area (Å²) in [7, 11) is 1.71. The van der Waals surface area contributed by atoms with Crippen LogP contribution in [0.1, 0.15) is 31.7 Å². The van der Waals surface area contributed by atoms with Gasteiger partial charge in [-0.2, -0.15) is 0 Å².